The lowest BCUT2D eigenvalue weighted by Gasteiger charge is -2.29. The number of aromatic nitrogens is 1. The summed E-state index contributed by atoms with van der Waals surface area (Å²) in [5.41, 5.74) is 8.36. The molecule has 3 aromatic rings. The molecule has 0 saturated carbocycles. The van der Waals surface area contributed by atoms with Crippen molar-refractivity contribution in [3.05, 3.63) is 58.8 Å². The largest absolute Gasteiger partial charge is 0.357 e. The van der Waals surface area contributed by atoms with Gasteiger partial charge in [-0.2, -0.15) is 0 Å². The number of carbonyl (C=O) groups is 1. The Morgan fingerprint density at radius 3 is 2.69 bits per heavy atom. The van der Waals surface area contributed by atoms with Crippen molar-refractivity contribution in [1.82, 2.24) is 15.6 Å². The van der Waals surface area contributed by atoms with Gasteiger partial charge < -0.3 is 15.6 Å². The van der Waals surface area contributed by atoms with Crippen LogP contribution in [0.5, 0.6) is 0 Å². The average Bonchev–Trinajstić information content (AvgIpc) is 3.28. The summed E-state index contributed by atoms with van der Waals surface area (Å²) in [6, 6.07) is 13.8. The van der Waals surface area contributed by atoms with E-state index in [0.29, 0.717) is 24.5 Å². The van der Waals surface area contributed by atoms with Gasteiger partial charge in [-0.25, -0.2) is 0 Å². The lowest BCUT2D eigenvalue weighted by atomic mass is 9.90. The van der Waals surface area contributed by atoms with Crippen molar-refractivity contribution in [2.24, 2.45) is 5.92 Å². The van der Waals surface area contributed by atoms with E-state index in [1.807, 2.05) is 6.07 Å². The molecule has 29 heavy (non-hydrogen) atoms. The van der Waals surface area contributed by atoms with Crippen molar-refractivity contribution in [3.63, 3.8) is 0 Å². The molecule has 0 spiro atoms. The molecule has 0 bridgehead atoms. The maximum absolute atomic E-state index is 11.8. The van der Waals surface area contributed by atoms with Crippen molar-refractivity contribution in [2.75, 3.05) is 0 Å². The molecule has 1 aliphatic heterocycles. The molecule has 0 fully saturated rings. The van der Waals surface area contributed by atoms with Gasteiger partial charge in [0.05, 0.1) is 0 Å². The molecule has 2 atom stereocenters. The van der Waals surface area contributed by atoms with Crippen LogP contribution in [0.15, 0.2) is 36.4 Å². The van der Waals surface area contributed by atoms with E-state index in [-0.39, 0.29) is 5.91 Å². The number of carbonyl (C=O) groups excluding carboxylic acids is 1. The van der Waals surface area contributed by atoms with Gasteiger partial charge >= 0.3 is 0 Å². The summed E-state index contributed by atoms with van der Waals surface area (Å²) in [6.45, 7) is 7.47. The zero-order chi connectivity index (χ0) is 20.1. The Morgan fingerprint density at radius 1 is 1.07 bits per heavy atom. The van der Waals surface area contributed by atoms with E-state index in [9.17, 15) is 4.79 Å². The predicted molar refractivity (Wildman–Crippen MR) is 118 cm³/mol. The summed E-state index contributed by atoms with van der Waals surface area (Å²) in [5, 5.41) is 8.09. The summed E-state index contributed by atoms with van der Waals surface area (Å²) in [6.07, 6.45) is 3.55. The number of rotatable bonds is 4. The molecule has 2 unspecified atom stereocenters. The highest BCUT2D eigenvalue weighted by atomic mass is 16.1. The number of hydrogen-bond acceptors (Lipinski definition) is 2. The molecule has 0 radical (unpaired) electrons. The number of amides is 1. The molecule has 1 aliphatic carbocycles. The average molecular weight is 388 g/mol. The lowest BCUT2D eigenvalue weighted by molar-refractivity contribution is 0.0966. The third-order valence-corrected chi connectivity index (χ3v) is 6.79. The summed E-state index contributed by atoms with van der Waals surface area (Å²) >= 11 is 0. The fourth-order valence-corrected chi connectivity index (χ4v) is 4.73. The first-order chi connectivity index (χ1) is 14.0. The Bertz CT molecular complexity index is 1090. The van der Waals surface area contributed by atoms with Crippen LogP contribution in [0.1, 0.15) is 66.8 Å². The van der Waals surface area contributed by atoms with Gasteiger partial charge in [0.2, 0.25) is 0 Å². The fourth-order valence-electron chi connectivity index (χ4n) is 4.73. The number of aromatic amines is 1. The lowest BCUT2D eigenvalue weighted by Crippen LogP contribution is -2.36. The van der Waals surface area contributed by atoms with E-state index < -0.39 is 0 Å². The second-order valence-corrected chi connectivity index (χ2v) is 8.98. The van der Waals surface area contributed by atoms with Crippen LogP contribution in [-0.2, 0) is 13.0 Å². The molecule has 4 nitrogen and oxygen atoms in total. The minimum Gasteiger partial charge on any atom is -0.357 e. The molecule has 2 heterocycles. The molecule has 1 amide bonds. The Labute approximate surface area is 172 Å². The standard InChI is InChI=1S/C25H29N3O/c1-14(2)15(3)27-23-6-4-5-20-21-12-17(8-10-22(21)28-24(20)23)16-7-9-19-18(11-16)13-26-25(19)29/h7-12,14-15,23,27-28H,4-6,13H2,1-3H3,(H,26,29). The first-order valence-corrected chi connectivity index (χ1v) is 10.8. The van der Waals surface area contributed by atoms with E-state index in [1.54, 1.807) is 0 Å². The highest BCUT2D eigenvalue weighted by molar-refractivity contribution is 5.99. The fraction of sp³-hybridized carbons (Fsp3) is 0.400. The topological polar surface area (TPSA) is 56.9 Å². The first-order valence-electron chi connectivity index (χ1n) is 10.8. The second kappa shape index (κ2) is 7.03. The first kappa shape index (κ1) is 18.4. The summed E-state index contributed by atoms with van der Waals surface area (Å²) in [5.74, 6) is 0.661. The molecule has 5 rings (SSSR count). The molecule has 150 valence electrons. The number of benzene rings is 2. The quantitative estimate of drug-likeness (QED) is 0.584. The van der Waals surface area contributed by atoms with Gasteiger partial charge in [0.1, 0.15) is 0 Å². The highest BCUT2D eigenvalue weighted by Crippen LogP contribution is 2.37. The van der Waals surface area contributed by atoms with Crippen LogP contribution in [0, 0.1) is 5.92 Å². The molecule has 0 saturated heterocycles. The van der Waals surface area contributed by atoms with Crippen molar-refractivity contribution in [2.45, 2.75) is 58.7 Å². The number of nitrogens with one attached hydrogen (secondary N) is 3. The van der Waals surface area contributed by atoms with Gasteiger partial charge in [-0.3, -0.25) is 4.79 Å². The Kier molecular flexibility index (Phi) is 4.47. The zero-order valence-electron chi connectivity index (χ0n) is 17.4. The minimum atomic E-state index is 0.0378. The molecular formula is C25H29N3O. The number of fused-ring (bicyclic) bond motifs is 4. The summed E-state index contributed by atoms with van der Waals surface area (Å²) < 4.78 is 0. The van der Waals surface area contributed by atoms with Gasteiger partial charge in [0.15, 0.2) is 0 Å². The molecule has 2 aliphatic rings. The van der Waals surface area contributed by atoms with Crippen LogP contribution in [0.2, 0.25) is 0 Å². The van der Waals surface area contributed by atoms with Crippen molar-refractivity contribution in [1.29, 1.82) is 0 Å². The summed E-state index contributed by atoms with van der Waals surface area (Å²) in [7, 11) is 0. The van der Waals surface area contributed by atoms with Crippen molar-refractivity contribution >= 4 is 16.8 Å². The normalized spacial score (nSPS) is 19.3. The van der Waals surface area contributed by atoms with Crippen LogP contribution >= 0.6 is 0 Å². The van der Waals surface area contributed by atoms with Gasteiger partial charge in [-0.1, -0.05) is 26.0 Å². The van der Waals surface area contributed by atoms with E-state index in [2.05, 4.69) is 66.7 Å². The van der Waals surface area contributed by atoms with E-state index in [4.69, 9.17) is 0 Å². The Hall–Kier alpha value is -2.59. The number of hydrogen-bond donors (Lipinski definition) is 3. The molecule has 1 aromatic heterocycles. The number of H-pyrrole nitrogens is 1. The highest BCUT2D eigenvalue weighted by Gasteiger charge is 2.26. The smallest absolute Gasteiger partial charge is 0.251 e. The third-order valence-electron chi connectivity index (χ3n) is 6.79. The van der Waals surface area contributed by atoms with Gasteiger partial charge in [-0.15, -0.1) is 0 Å². The van der Waals surface area contributed by atoms with Gasteiger partial charge in [-0.05, 0) is 78.6 Å². The van der Waals surface area contributed by atoms with Crippen LogP contribution in [-0.4, -0.2) is 16.9 Å². The van der Waals surface area contributed by atoms with Crippen LogP contribution in [0.25, 0.3) is 22.0 Å². The van der Waals surface area contributed by atoms with Gasteiger partial charge in [0, 0.05) is 40.8 Å². The summed E-state index contributed by atoms with van der Waals surface area (Å²) in [4.78, 5) is 15.6. The molecule has 2 aromatic carbocycles. The van der Waals surface area contributed by atoms with E-state index in [0.717, 1.165) is 17.5 Å². The predicted octanol–water partition coefficient (Wildman–Crippen LogP) is 5.09. The Morgan fingerprint density at radius 2 is 1.86 bits per heavy atom. The van der Waals surface area contributed by atoms with E-state index >= 15 is 0 Å². The van der Waals surface area contributed by atoms with Crippen LogP contribution in [0.4, 0.5) is 0 Å². The van der Waals surface area contributed by atoms with Crippen molar-refractivity contribution < 1.29 is 4.79 Å². The third kappa shape index (κ3) is 3.16. The maximum Gasteiger partial charge on any atom is 0.251 e. The van der Waals surface area contributed by atoms with E-state index in [1.165, 1.54) is 46.1 Å². The van der Waals surface area contributed by atoms with Crippen molar-refractivity contribution in [3.8, 4) is 11.1 Å². The van der Waals surface area contributed by atoms with Crippen LogP contribution < -0.4 is 10.6 Å². The molecule has 4 heteroatoms. The maximum atomic E-state index is 11.8. The SMILES string of the molecule is CC(C)C(C)NC1CCCc2c1[nH]c1ccc(-c3ccc4c(c3)CNC4=O)cc21. The second-order valence-electron chi connectivity index (χ2n) is 8.98. The molecule has 3 N–H and O–H groups in total. The monoisotopic (exact) mass is 387 g/mol. The molecular weight excluding hydrogens is 358 g/mol. The van der Waals surface area contributed by atoms with Crippen LogP contribution in [0.3, 0.4) is 0 Å². The minimum absolute atomic E-state index is 0.0378. The van der Waals surface area contributed by atoms with Gasteiger partial charge in [0.25, 0.3) is 5.91 Å². The number of aryl methyl sites for hydroxylation is 1. The zero-order valence-corrected chi connectivity index (χ0v) is 17.4. The Balaban J connectivity index is 1.52.